The SMILES string of the molecule is CCC(C)NC(=O)N/C=C/c1cccc(C)c1. The quantitative estimate of drug-likeness (QED) is 0.823. The highest BCUT2D eigenvalue weighted by Crippen LogP contribution is 2.04. The van der Waals surface area contributed by atoms with Crippen LogP contribution in [0.25, 0.3) is 6.08 Å². The molecular formula is C14H20N2O. The predicted molar refractivity (Wildman–Crippen MR) is 71.6 cm³/mol. The normalized spacial score (nSPS) is 12.4. The summed E-state index contributed by atoms with van der Waals surface area (Å²) < 4.78 is 0. The number of rotatable bonds is 4. The summed E-state index contributed by atoms with van der Waals surface area (Å²) in [6.45, 7) is 6.05. The van der Waals surface area contributed by atoms with Crippen molar-refractivity contribution in [1.82, 2.24) is 10.6 Å². The largest absolute Gasteiger partial charge is 0.335 e. The molecule has 0 aliphatic carbocycles. The molecule has 1 atom stereocenters. The summed E-state index contributed by atoms with van der Waals surface area (Å²) in [5, 5.41) is 5.51. The van der Waals surface area contributed by atoms with E-state index in [9.17, 15) is 4.79 Å². The second kappa shape index (κ2) is 6.74. The van der Waals surface area contributed by atoms with Crippen LogP contribution in [0.5, 0.6) is 0 Å². The van der Waals surface area contributed by atoms with E-state index in [-0.39, 0.29) is 12.1 Å². The Labute approximate surface area is 103 Å². The van der Waals surface area contributed by atoms with Crippen molar-refractivity contribution in [1.29, 1.82) is 0 Å². The smallest absolute Gasteiger partial charge is 0.318 e. The Balaban J connectivity index is 2.42. The second-order valence-corrected chi connectivity index (χ2v) is 4.17. The van der Waals surface area contributed by atoms with E-state index in [1.54, 1.807) is 6.20 Å². The van der Waals surface area contributed by atoms with Crippen LogP contribution in [0.15, 0.2) is 30.5 Å². The van der Waals surface area contributed by atoms with Crippen molar-refractivity contribution in [3.05, 3.63) is 41.6 Å². The van der Waals surface area contributed by atoms with Crippen LogP contribution >= 0.6 is 0 Å². The summed E-state index contributed by atoms with van der Waals surface area (Å²) in [6, 6.07) is 8.13. The highest BCUT2D eigenvalue weighted by atomic mass is 16.2. The molecular weight excluding hydrogens is 212 g/mol. The fourth-order valence-electron chi connectivity index (χ4n) is 1.35. The molecule has 0 saturated carbocycles. The van der Waals surface area contributed by atoms with Gasteiger partial charge in [0.05, 0.1) is 0 Å². The maximum atomic E-state index is 11.4. The molecule has 0 aromatic heterocycles. The van der Waals surface area contributed by atoms with E-state index < -0.39 is 0 Å². The molecule has 0 aliphatic rings. The van der Waals surface area contributed by atoms with Gasteiger partial charge >= 0.3 is 6.03 Å². The van der Waals surface area contributed by atoms with Crippen molar-refractivity contribution in [2.75, 3.05) is 0 Å². The highest BCUT2D eigenvalue weighted by Gasteiger charge is 2.01. The summed E-state index contributed by atoms with van der Waals surface area (Å²) >= 11 is 0. The highest BCUT2D eigenvalue weighted by molar-refractivity contribution is 5.76. The molecule has 0 spiro atoms. The first-order chi connectivity index (χ1) is 8.11. The van der Waals surface area contributed by atoms with Gasteiger partial charge in [0, 0.05) is 12.2 Å². The van der Waals surface area contributed by atoms with Crippen molar-refractivity contribution in [3.63, 3.8) is 0 Å². The van der Waals surface area contributed by atoms with Crippen LogP contribution in [0.2, 0.25) is 0 Å². The summed E-state index contributed by atoms with van der Waals surface area (Å²) in [5.74, 6) is 0. The summed E-state index contributed by atoms with van der Waals surface area (Å²) in [4.78, 5) is 11.4. The number of nitrogens with one attached hydrogen (secondary N) is 2. The number of urea groups is 1. The van der Waals surface area contributed by atoms with Gasteiger partial charge in [0.25, 0.3) is 0 Å². The zero-order chi connectivity index (χ0) is 12.7. The fraction of sp³-hybridized carbons (Fsp3) is 0.357. The summed E-state index contributed by atoms with van der Waals surface area (Å²) in [7, 11) is 0. The van der Waals surface area contributed by atoms with Crippen LogP contribution in [0.4, 0.5) is 4.79 Å². The molecule has 3 heteroatoms. The van der Waals surface area contributed by atoms with Crippen molar-refractivity contribution in [2.24, 2.45) is 0 Å². The third kappa shape index (κ3) is 5.20. The topological polar surface area (TPSA) is 41.1 Å². The lowest BCUT2D eigenvalue weighted by Gasteiger charge is -2.10. The first-order valence-corrected chi connectivity index (χ1v) is 5.92. The number of aryl methyl sites for hydroxylation is 1. The first-order valence-electron chi connectivity index (χ1n) is 5.92. The minimum atomic E-state index is -0.164. The van der Waals surface area contributed by atoms with Gasteiger partial charge in [-0.25, -0.2) is 4.79 Å². The van der Waals surface area contributed by atoms with E-state index in [4.69, 9.17) is 0 Å². The van der Waals surface area contributed by atoms with Crippen LogP contribution in [0.1, 0.15) is 31.4 Å². The summed E-state index contributed by atoms with van der Waals surface area (Å²) in [6.07, 6.45) is 4.46. The van der Waals surface area contributed by atoms with Crippen LogP contribution in [0.3, 0.4) is 0 Å². The zero-order valence-corrected chi connectivity index (χ0v) is 10.7. The van der Waals surface area contributed by atoms with Crippen LogP contribution in [-0.4, -0.2) is 12.1 Å². The number of amides is 2. The van der Waals surface area contributed by atoms with E-state index in [0.717, 1.165) is 12.0 Å². The van der Waals surface area contributed by atoms with Gasteiger partial charge in [0.2, 0.25) is 0 Å². The average molecular weight is 232 g/mol. The van der Waals surface area contributed by atoms with Crippen molar-refractivity contribution in [3.8, 4) is 0 Å². The van der Waals surface area contributed by atoms with Gasteiger partial charge in [-0.2, -0.15) is 0 Å². The Morgan fingerprint density at radius 3 is 2.88 bits per heavy atom. The Bertz CT molecular complexity index is 399. The van der Waals surface area contributed by atoms with Gasteiger partial charge in [-0.1, -0.05) is 36.8 Å². The molecule has 1 rings (SSSR count). The Kier molecular flexibility index (Phi) is 5.27. The van der Waals surface area contributed by atoms with E-state index in [0.29, 0.717) is 0 Å². The number of hydrogen-bond donors (Lipinski definition) is 2. The molecule has 0 bridgehead atoms. The maximum absolute atomic E-state index is 11.4. The van der Waals surface area contributed by atoms with Gasteiger partial charge < -0.3 is 10.6 Å². The van der Waals surface area contributed by atoms with Gasteiger partial charge in [-0.05, 0) is 31.9 Å². The lowest BCUT2D eigenvalue weighted by Crippen LogP contribution is -2.38. The zero-order valence-electron chi connectivity index (χ0n) is 10.7. The van der Waals surface area contributed by atoms with Gasteiger partial charge in [-0.3, -0.25) is 0 Å². The average Bonchev–Trinajstić information content (AvgIpc) is 2.29. The third-order valence-electron chi connectivity index (χ3n) is 2.52. The van der Waals surface area contributed by atoms with E-state index in [2.05, 4.69) is 16.7 Å². The van der Waals surface area contributed by atoms with Gasteiger partial charge in [-0.15, -0.1) is 0 Å². The second-order valence-electron chi connectivity index (χ2n) is 4.17. The number of benzene rings is 1. The molecule has 3 nitrogen and oxygen atoms in total. The third-order valence-corrected chi connectivity index (χ3v) is 2.52. The van der Waals surface area contributed by atoms with Gasteiger partial charge in [0.15, 0.2) is 0 Å². The Morgan fingerprint density at radius 1 is 1.47 bits per heavy atom. The lowest BCUT2D eigenvalue weighted by molar-refractivity contribution is 0.241. The molecule has 1 aromatic rings. The summed E-state index contributed by atoms with van der Waals surface area (Å²) in [5.41, 5.74) is 2.28. The van der Waals surface area contributed by atoms with Crippen molar-refractivity contribution < 1.29 is 4.79 Å². The molecule has 2 N–H and O–H groups in total. The molecule has 17 heavy (non-hydrogen) atoms. The fourth-order valence-corrected chi connectivity index (χ4v) is 1.35. The van der Waals surface area contributed by atoms with E-state index in [1.165, 1.54) is 5.56 Å². The van der Waals surface area contributed by atoms with Crippen molar-refractivity contribution in [2.45, 2.75) is 33.2 Å². The monoisotopic (exact) mass is 232 g/mol. The number of carbonyl (C=O) groups is 1. The molecule has 0 heterocycles. The maximum Gasteiger partial charge on any atom is 0.318 e. The van der Waals surface area contributed by atoms with Gasteiger partial charge in [0.1, 0.15) is 0 Å². The molecule has 0 radical (unpaired) electrons. The molecule has 2 amide bonds. The minimum Gasteiger partial charge on any atom is -0.335 e. The lowest BCUT2D eigenvalue weighted by atomic mass is 10.1. The van der Waals surface area contributed by atoms with Crippen LogP contribution in [-0.2, 0) is 0 Å². The number of carbonyl (C=O) groups excluding carboxylic acids is 1. The van der Waals surface area contributed by atoms with Crippen LogP contribution < -0.4 is 10.6 Å². The predicted octanol–water partition coefficient (Wildman–Crippen LogP) is 3.06. The molecule has 0 saturated heterocycles. The first kappa shape index (κ1) is 13.3. The minimum absolute atomic E-state index is 0.164. The standard InChI is InChI=1S/C14H20N2O/c1-4-12(3)16-14(17)15-9-8-13-7-5-6-11(2)10-13/h5-10,12H,4H2,1-3H3,(H2,15,16,17)/b9-8+. The molecule has 1 aromatic carbocycles. The van der Waals surface area contributed by atoms with E-state index in [1.807, 2.05) is 45.0 Å². The molecule has 1 unspecified atom stereocenters. The Hall–Kier alpha value is -1.77. The molecule has 92 valence electrons. The van der Waals surface area contributed by atoms with Crippen molar-refractivity contribution >= 4 is 12.1 Å². The Morgan fingerprint density at radius 2 is 2.24 bits per heavy atom. The molecule has 0 aliphatic heterocycles. The molecule has 0 fully saturated rings. The van der Waals surface area contributed by atoms with Crippen LogP contribution in [0, 0.1) is 6.92 Å². The van der Waals surface area contributed by atoms with E-state index >= 15 is 0 Å². The number of hydrogen-bond acceptors (Lipinski definition) is 1.